The molecule has 0 spiro atoms. The average Bonchev–Trinajstić information content (AvgIpc) is 2.67. The number of halogens is 3. The molecule has 1 aliphatic carbocycles. The zero-order chi connectivity index (χ0) is 14.0. The van der Waals surface area contributed by atoms with Crippen molar-refractivity contribution in [1.29, 1.82) is 0 Å². The van der Waals surface area contributed by atoms with E-state index in [2.05, 4.69) is 0 Å². The van der Waals surface area contributed by atoms with Gasteiger partial charge in [-0.2, -0.15) is 0 Å². The Morgan fingerprint density at radius 1 is 1.47 bits per heavy atom. The van der Waals surface area contributed by atoms with Crippen LogP contribution in [0.5, 0.6) is 5.75 Å². The van der Waals surface area contributed by atoms with E-state index in [1.807, 2.05) is 0 Å². The van der Waals surface area contributed by atoms with E-state index in [0.717, 1.165) is 6.07 Å². The summed E-state index contributed by atoms with van der Waals surface area (Å²) in [6.45, 7) is 0.0128. The van der Waals surface area contributed by atoms with Crippen molar-refractivity contribution >= 4 is 5.97 Å². The Labute approximate surface area is 108 Å². The first-order valence-corrected chi connectivity index (χ1v) is 5.91. The number of carbonyl (C=O) groups is 1. The van der Waals surface area contributed by atoms with Crippen molar-refractivity contribution in [3.63, 3.8) is 0 Å². The molecule has 0 aliphatic heterocycles. The van der Waals surface area contributed by atoms with Crippen molar-refractivity contribution in [1.82, 2.24) is 0 Å². The minimum Gasteiger partial charge on any atom is -0.490 e. The van der Waals surface area contributed by atoms with E-state index in [0.29, 0.717) is 6.42 Å². The third-order valence-corrected chi connectivity index (χ3v) is 3.16. The molecule has 0 radical (unpaired) electrons. The van der Waals surface area contributed by atoms with Gasteiger partial charge in [-0.05, 0) is 30.5 Å². The van der Waals surface area contributed by atoms with Gasteiger partial charge in [0.15, 0.2) is 11.6 Å². The van der Waals surface area contributed by atoms with Gasteiger partial charge in [0.25, 0.3) is 0 Å². The zero-order valence-corrected chi connectivity index (χ0v) is 10.0. The Bertz CT molecular complexity index is 488. The number of rotatable bonds is 4. The molecule has 0 amide bonds. The van der Waals surface area contributed by atoms with Crippen molar-refractivity contribution in [3.05, 3.63) is 29.6 Å². The highest BCUT2D eigenvalue weighted by Crippen LogP contribution is 2.39. The molecule has 0 saturated heterocycles. The predicted octanol–water partition coefficient (Wildman–Crippen LogP) is 3.34. The monoisotopic (exact) mass is 274 g/mol. The summed E-state index contributed by atoms with van der Waals surface area (Å²) in [5.74, 6) is -5.10. The summed E-state index contributed by atoms with van der Waals surface area (Å²) < 4.78 is 44.5. The minimum atomic E-state index is -2.65. The van der Waals surface area contributed by atoms with E-state index >= 15 is 0 Å². The van der Waals surface area contributed by atoms with Gasteiger partial charge >= 0.3 is 5.97 Å². The first-order valence-electron chi connectivity index (χ1n) is 5.91. The Kier molecular flexibility index (Phi) is 3.68. The molecule has 104 valence electrons. The lowest BCUT2D eigenvalue weighted by atomic mass is 10.1. The van der Waals surface area contributed by atoms with Gasteiger partial charge < -0.3 is 9.84 Å². The molecule has 1 fully saturated rings. The molecule has 0 bridgehead atoms. The lowest BCUT2D eigenvalue weighted by Crippen LogP contribution is -2.14. The molecule has 3 nitrogen and oxygen atoms in total. The van der Waals surface area contributed by atoms with Crippen molar-refractivity contribution < 1.29 is 27.8 Å². The summed E-state index contributed by atoms with van der Waals surface area (Å²) in [4.78, 5) is 10.6. The van der Waals surface area contributed by atoms with Crippen LogP contribution in [0, 0.1) is 11.7 Å². The first-order chi connectivity index (χ1) is 8.87. The average molecular weight is 274 g/mol. The SMILES string of the molecule is O=C(O)c1ccc(OCC2CCC(F)(F)C2)c(F)c1. The van der Waals surface area contributed by atoms with Crippen molar-refractivity contribution in [2.24, 2.45) is 5.92 Å². The van der Waals surface area contributed by atoms with Crippen molar-refractivity contribution in [3.8, 4) is 5.75 Å². The molecule has 0 aromatic heterocycles. The molecule has 1 unspecified atom stereocenters. The van der Waals surface area contributed by atoms with Gasteiger partial charge in [0.2, 0.25) is 5.92 Å². The third kappa shape index (κ3) is 3.39. The van der Waals surface area contributed by atoms with Crippen molar-refractivity contribution in [2.45, 2.75) is 25.2 Å². The lowest BCUT2D eigenvalue weighted by Gasteiger charge is -2.13. The summed E-state index contributed by atoms with van der Waals surface area (Å²) in [6, 6.07) is 3.26. The molecule has 2 rings (SSSR count). The quantitative estimate of drug-likeness (QED) is 0.916. The summed E-state index contributed by atoms with van der Waals surface area (Å²) in [7, 11) is 0. The summed E-state index contributed by atoms with van der Waals surface area (Å²) in [6.07, 6.45) is -0.0644. The van der Waals surface area contributed by atoms with E-state index in [4.69, 9.17) is 9.84 Å². The molecular weight excluding hydrogens is 261 g/mol. The van der Waals surface area contributed by atoms with Gasteiger partial charge in [-0.3, -0.25) is 0 Å². The molecule has 1 N–H and O–H groups in total. The molecule has 19 heavy (non-hydrogen) atoms. The van der Waals surface area contributed by atoms with E-state index in [1.165, 1.54) is 12.1 Å². The minimum absolute atomic E-state index is 0.0128. The van der Waals surface area contributed by atoms with Crippen LogP contribution in [0.3, 0.4) is 0 Å². The smallest absolute Gasteiger partial charge is 0.335 e. The molecule has 1 saturated carbocycles. The van der Waals surface area contributed by atoms with Crippen LogP contribution in [0.4, 0.5) is 13.2 Å². The zero-order valence-electron chi connectivity index (χ0n) is 10.0. The Morgan fingerprint density at radius 3 is 2.74 bits per heavy atom. The normalized spacial score (nSPS) is 21.3. The van der Waals surface area contributed by atoms with Gasteiger partial charge in [0.1, 0.15) is 0 Å². The molecule has 6 heteroatoms. The molecule has 1 aromatic rings. The number of carboxylic acid groups (broad SMARTS) is 1. The van der Waals surface area contributed by atoms with Crippen LogP contribution < -0.4 is 4.74 Å². The fraction of sp³-hybridized carbons (Fsp3) is 0.462. The van der Waals surface area contributed by atoms with Gasteiger partial charge in [-0.15, -0.1) is 0 Å². The van der Waals surface area contributed by atoms with Gasteiger partial charge in [-0.1, -0.05) is 0 Å². The molecule has 1 aliphatic rings. The van der Waals surface area contributed by atoms with Crippen LogP contribution in [0.1, 0.15) is 29.6 Å². The third-order valence-electron chi connectivity index (χ3n) is 3.16. The topological polar surface area (TPSA) is 46.5 Å². The molecular formula is C13H13F3O3. The maximum atomic E-state index is 13.5. The highest BCUT2D eigenvalue weighted by molar-refractivity contribution is 5.87. The number of benzene rings is 1. The van der Waals surface area contributed by atoms with Crippen LogP contribution in [0.15, 0.2) is 18.2 Å². The fourth-order valence-electron chi connectivity index (χ4n) is 2.14. The van der Waals surface area contributed by atoms with Crippen LogP contribution in [0.2, 0.25) is 0 Å². The van der Waals surface area contributed by atoms with Gasteiger partial charge in [0, 0.05) is 12.8 Å². The number of alkyl halides is 2. The number of carboxylic acids is 1. The maximum Gasteiger partial charge on any atom is 0.335 e. The van der Waals surface area contributed by atoms with Crippen LogP contribution in [0.25, 0.3) is 0 Å². The highest BCUT2D eigenvalue weighted by atomic mass is 19.3. The van der Waals surface area contributed by atoms with Gasteiger partial charge in [-0.25, -0.2) is 18.0 Å². The largest absolute Gasteiger partial charge is 0.490 e. The van der Waals surface area contributed by atoms with Crippen LogP contribution in [-0.2, 0) is 0 Å². The Morgan fingerprint density at radius 2 is 2.21 bits per heavy atom. The number of aromatic carboxylic acids is 1. The second-order valence-corrected chi connectivity index (χ2v) is 4.73. The van der Waals surface area contributed by atoms with Gasteiger partial charge in [0.05, 0.1) is 12.2 Å². The molecule has 1 atom stereocenters. The van der Waals surface area contributed by atoms with E-state index < -0.39 is 17.7 Å². The number of hydrogen-bond donors (Lipinski definition) is 1. The highest BCUT2D eigenvalue weighted by Gasteiger charge is 2.39. The second-order valence-electron chi connectivity index (χ2n) is 4.73. The summed E-state index contributed by atoms with van der Waals surface area (Å²) in [5.41, 5.74) is -0.183. The summed E-state index contributed by atoms with van der Waals surface area (Å²) in [5, 5.41) is 8.67. The number of ether oxygens (including phenoxy) is 1. The van der Waals surface area contributed by atoms with Crippen molar-refractivity contribution in [2.75, 3.05) is 6.61 Å². The van der Waals surface area contributed by atoms with Crippen LogP contribution >= 0.6 is 0 Å². The first kappa shape index (κ1) is 13.7. The van der Waals surface area contributed by atoms with Crippen LogP contribution in [-0.4, -0.2) is 23.6 Å². The molecule has 0 heterocycles. The summed E-state index contributed by atoms with van der Waals surface area (Å²) >= 11 is 0. The second kappa shape index (κ2) is 5.11. The lowest BCUT2D eigenvalue weighted by molar-refractivity contribution is 0.00284. The predicted molar refractivity (Wildman–Crippen MR) is 61.1 cm³/mol. The molecule has 1 aromatic carbocycles. The number of hydrogen-bond acceptors (Lipinski definition) is 2. The standard InChI is InChI=1S/C13H13F3O3/c14-10-5-9(12(17)18)1-2-11(10)19-7-8-3-4-13(15,16)6-8/h1-2,5,8H,3-4,6-7H2,(H,17,18). The Balaban J connectivity index is 1.95. The Hall–Kier alpha value is -1.72. The van der Waals surface area contributed by atoms with E-state index in [1.54, 1.807) is 0 Å². The fourth-order valence-corrected chi connectivity index (χ4v) is 2.14. The van der Waals surface area contributed by atoms with E-state index in [9.17, 15) is 18.0 Å². The van der Waals surface area contributed by atoms with E-state index in [-0.39, 0.29) is 36.7 Å². The maximum absolute atomic E-state index is 13.5.